The molecular formula is C12H22O3. The standard InChI is InChI=1S/C12H22O3/c1-9(2)12(13)15-10(3)14-11-7-5-4-6-8-11/h9-11H,4-8H2,1-3H3. The first-order valence-electron chi connectivity index (χ1n) is 5.95. The maximum atomic E-state index is 11.3. The van der Waals surface area contributed by atoms with E-state index in [1.54, 1.807) is 6.92 Å². The Morgan fingerprint density at radius 2 is 1.73 bits per heavy atom. The van der Waals surface area contributed by atoms with Crippen molar-refractivity contribution < 1.29 is 14.3 Å². The summed E-state index contributed by atoms with van der Waals surface area (Å²) in [6.45, 7) is 5.46. The van der Waals surface area contributed by atoms with Gasteiger partial charge in [-0.15, -0.1) is 0 Å². The van der Waals surface area contributed by atoms with E-state index in [1.165, 1.54) is 19.3 Å². The molecule has 0 spiro atoms. The van der Waals surface area contributed by atoms with Gasteiger partial charge in [-0.25, -0.2) is 0 Å². The Labute approximate surface area is 92.1 Å². The summed E-state index contributed by atoms with van der Waals surface area (Å²) in [6, 6.07) is 0. The maximum Gasteiger partial charge on any atom is 0.310 e. The van der Waals surface area contributed by atoms with Crippen molar-refractivity contribution in [1.29, 1.82) is 0 Å². The molecular weight excluding hydrogens is 192 g/mol. The van der Waals surface area contributed by atoms with Gasteiger partial charge in [0.25, 0.3) is 0 Å². The number of carbonyl (C=O) groups excluding carboxylic acids is 1. The highest BCUT2D eigenvalue weighted by molar-refractivity contribution is 5.71. The first kappa shape index (κ1) is 12.5. The highest BCUT2D eigenvalue weighted by Crippen LogP contribution is 2.21. The van der Waals surface area contributed by atoms with Gasteiger partial charge in [0, 0.05) is 0 Å². The molecule has 0 bridgehead atoms. The van der Waals surface area contributed by atoms with Crippen LogP contribution in [-0.4, -0.2) is 18.4 Å². The largest absolute Gasteiger partial charge is 0.436 e. The van der Waals surface area contributed by atoms with Crippen LogP contribution in [0.15, 0.2) is 0 Å². The quantitative estimate of drug-likeness (QED) is 0.533. The van der Waals surface area contributed by atoms with E-state index in [2.05, 4.69) is 0 Å². The molecule has 0 radical (unpaired) electrons. The lowest BCUT2D eigenvalue weighted by Gasteiger charge is -2.25. The van der Waals surface area contributed by atoms with Crippen LogP contribution in [0.3, 0.4) is 0 Å². The average molecular weight is 214 g/mol. The van der Waals surface area contributed by atoms with Crippen molar-refractivity contribution in [2.45, 2.75) is 65.3 Å². The van der Waals surface area contributed by atoms with Crippen LogP contribution in [0.1, 0.15) is 52.9 Å². The molecule has 3 heteroatoms. The van der Waals surface area contributed by atoms with Gasteiger partial charge in [-0.05, 0) is 19.8 Å². The Morgan fingerprint density at radius 3 is 2.27 bits per heavy atom. The van der Waals surface area contributed by atoms with Crippen molar-refractivity contribution in [3.8, 4) is 0 Å². The van der Waals surface area contributed by atoms with Gasteiger partial charge in [0.1, 0.15) is 0 Å². The van der Waals surface area contributed by atoms with Crippen molar-refractivity contribution in [2.24, 2.45) is 5.92 Å². The van der Waals surface area contributed by atoms with Crippen LogP contribution >= 0.6 is 0 Å². The first-order chi connectivity index (χ1) is 7.09. The zero-order valence-corrected chi connectivity index (χ0v) is 9.99. The molecule has 1 atom stereocenters. The predicted octanol–water partition coefficient (Wildman–Crippen LogP) is 2.88. The molecule has 1 unspecified atom stereocenters. The molecule has 0 saturated heterocycles. The van der Waals surface area contributed by atoms with Crippen LogP contribution in [0.4, 0.5) is 0 Å². The van der Waals surface area contributed by atoms with Gasteiger partial charge < -0.3 is 9.47 Å². The van der Waals surface area contributed by atoms with Crippen LogP contribution in [-0.2, 0) is 14.3 Å². The Bertz CT molecular complexity index is 195. The number of rotatable bonds is 4. The number of hydrogen-bond acceptors (Lipinski definition) is 3. The third-order valence-electron chi connectivity index (χ3n) is 2.69. The smallest absolute Gasteiger partial charge is 0.310 e. The lowest BCUT2D eigenvalue weighted by molar-refractivity contribution is -0.190. The van der Waals surface area contributed by atoms with Crippen molar-refractivity contribution >= 4 is 5.97 Å². The van der Waals surface area contributed by atoms with Gasteiger partial charge in [0.2, 0.25) is 0 Å². The van der Waals surface area contributed by atoms with E-state index in [1.807, 2.05) is 13.8 Å². The van der Waals surface area contributed by atoms with Gasteiger partial charge in [-0.1, -0.05) is 33.1 Å². The number of hydrogen-bond donors (Lipinski definition) is 0. The van der Waals surface area contributed by atoms with Crippen LogP contribution in [0, 0.1) is 5.92 Å². The van der Waals surface area contributed by atoms with Gasteiger partial charge in [0.05, 0.1) is 12.0 Å². The Balaban J connectivity index is 2.22. The summed E-state index contributed by atoms with van der Waals surface area (Å²) in [5, 5.41) is 0. The minimum Gasteiger partial charge on any atom is -0.436 e. The van der Waals surface area contributed by atoms with E-state index in [0.29, 0.717) is 0 Å². The monoisotopic (exact) mass is 214 g/mol. The van der Waals surface area contributed by atoms with Crippen LogP contribution in [0.2, 0.25) is 0 Å². The van der Waals surface area contributed by atoms with Crippen molar-refractivity contribution in [1.82, 2.24) is 0 Å². The van der Waals surface area contributed by atoms with E-state index >= 15 is 0 Å². The van der Waals surface area contributed by atoms with Crippen molar-refractivity contribution in [3.05, 3.63) is 0 Å². The summed E-state index contributed by atoms with van der Waals surface area (Å²) in [7, 11) is 0. The topological polar surface area (TPSA) is 35.5 Å². The zero-order chi connectivity index (χ0) is 11.3. The summed E-state index contributed by atoms with van der Waals surface area (Å²) < 4.78 is 10.8. The molecule has 1 fully saturated rings. The van der Waals surface area contributed by atoms with E-state index in [9.17, 15) is 4.79 Å². The van der Waals surface area contributed by atoms with E-state index in [0.717, 1.165) is 12.8 Å². The van der Waals surface area contributed by atoms with Gasteiger partial charge >= 0.3 is 5.97 Å². The predicted molar refractivity (Wildman–Crippen MR) is 58.4 cm³/mol. The molecule has 1 aliphatic carbocycles. The molecule has 1 saturated carbocycles. The molecule has 0 aliphatic heterocycles. The highest BCUT2D eigenvalue weighted by atomic mass is 16.7. The third kappa shape index (κ3) is 4.65. The number of carbonyl (C=O) groups is 1. The van der Waals surface area contributed by atoms with Crippen LogP contribution in [0.5, 0.6) is 0 Å². The summed E-state index contributed by atoms with van der Waals surface area (Å²) in [4.78, 5) is 11.3. The second-order valence-corrected chi connectivity index (χ2v) is 4.56. The summed E-state index contributed by atoms with van der Waals surface area (Å²) >= 11 is 0. The maximum absolute atomic E-state index is 11.3. The Kier molecular flexibility index (Phi) is 5.09. The lowest BCUT2D eigenvalue weighted by atomic mass is 9.98. The Morgan fingerprint density at radius 1 is 1.13 bits per heavy atom. The average Bonchev–Trinajstić information content (AvgIpc) is 2.18. The van der Waals surface area contributed by atoms with Gasteiger partial charge in [0.15, 0.2) is 6.29 Å². The highest BCUT2D eigenvalue weighted by Gasteiger charge is 2.19. The molecule has 0 N–H and O–H groups in total. The number of esters is 1. The normalized spacial score (nSPS) is 20.3. The molecule has 0 aromatic heterocycles. The van der Waals surface area contributed by atoms with Crippen molar-refractivity contribution in [3.63, 3.8) is 0 Å². The molecule has 0 amide bonds. The second-order valence-electron chi connectivity index (χ2n) is 4.56. The molecule has 1 aliphatic rings. The molecule has 1 rings (SSSR count). The molecule has 3 nitrogen and oxygen atoms in total. The van der Waals surface area contributed by atoms with Crippen LogP contribution in [0.25, 0.3) is 0 Å². The fraction of sp³-hybridized carbons (Fsp3) is 0.917. The summed E-state index contributed by atoms with van der Waals surface area (Å²) in [6.07, 6.45) is 5.86. The Hall–Kier alpha value is -0.570. The fourth-order valence-electron chi connectivity index (χ4n) is 1.80. The molecule has 15 heavy (non-hydrogen) atoms. The minimum absolute atomic E-state index is 0.0811. The zero-order valence-electron chi connectivity index (χ0n) is 9.99. The SMILES string of the molecule is CC(OC(=O)C(C)C)OC1CCCCC1. The third-order valence-corrected chi connectivity index (χ3v) is 2.69. The van der Waals surface area contributed by atoms with Crippen LogP contribution < -0.4 is 0 Å². The lowest BCUT2D eigenvalue weighted by Crippen LogP contribution is -2.27. The number of ether oxygens (including phenoxy) is 2. The fourth-order valence-corrected chi connectivity index (χ4v) is 1.80. The summed E-state index contributed by atoms with van der Waals surface area (Å²) in [5.74, 6) is -0.263. The second kappa shape index (κ2) is 6.11. The molecule has 0 aromatic carbocycles. The minimum atomic E-state index is -0.400. The molecule has 88 valence electrons. The van der Waals surface area contributed by atoms with Gasteiger partial charge in [-0.3, -0.25) is 4.79 Å². The molecule has 0 aromatic rings. The molecule has 0 heterocycles. The van der Waals surface area contributed by atoms with E-state index in [-0.39, 0.29) is 18.0 Å². The summed E-state index contributed by atoms with van der Waals surface area (Å²) in [5.41, 5.74) is 0. The van der Waals surface area contributed by atoms with E-state index in [4.69, 9.17) is 9.47 Å². The van der Waals surface area contributed by atoms with Crippen molar-refractivity contribution in [2.75, 3.05) is 0 Å². The first-order valence-corrected chi connectivity index (χ1v) is 5.95. The van der Waals surface area contributed by atoms with E-state index < -0.39 is 6.29 Å². The van der Waals surface area contributed by atoms with Gasteiger partial charge in [-0.2, -0.15) is 0 Å².